The third-order valence-corrected chi connectivity index (χ3v) is 4.83. The predicted molar refractivity (Wildman–Crippen MR) is 113 cm³/mol. The number of hydrogen-bond acceptors (Lipinski definition) is 7. The van der Waals surface area contributed by atoms with Crippen LogP contribution in [0.15, 0.2) is 30.5 Å². The summed E-state index contributed by atoms with van der Waals surface area (Å²) in [6.07, 6.45) is 0.866. The van der Waals surface area contributed by atoms with E-state index in [2.05, 4.69) is 15.4 Å². The molecule has 0 spiro atoms. The average Bonchev–Trinajstić information content (AvgIpc) is 3.05. The zero-order valence-corrected chi connectivity index (χ0v) is 17.6. The van der Waals surface area contributed by atoms with Crippen LogP contribution < -0.4 is 20.5 Å². The number of halogens is 1. The normalized spacial score (nSPS) is 11.9. The fourth-order valence-electron chi connectivity index (χ4n) is 3.34. The monoisotopic (exact) mass is 429 g/mol. The van der Waals surface area contributed by atoms with Crippen LogP contribution in [0, 0.1) is 5.82 Å². The van der Waals surface area contributed by atoms with Gasteiger partial charge in [0.15, 0.2) is 11.6 Å². The second-order valence-electron chi connectivity index (χ2n) is 6.89. The van der Waals surface area contributed by atoms with Gasteiger partial charge >= 0.3 is 5.97 Å². The van der Waals surface area contributed by atoms with E-state index >= 15 is 0 Å². The van der Waals surface area contributed by atoms with Gasteiger partial charge < -0.3 is 25.6 Å². The summed E-state index contributed by atoms with van der Waals surface area (Å²) in [4.78, 5) is 15.7. The lowest BCUT2D eigenvalue weighted by molar-refractivity contribution is 0.0691. The van der Waals surface area contributed by atoms with Crippen molar-refractivity contribution in [1.82, 2.24) is 20.1 Å². The van der Waals surface area contributed by atoms with Crippen molar-refractivity contribution in [3.63, 3.8) is 0 Å². The van der Waals surface area contributed by atoms with Crippen LogP contribution in [0.3, 0.4) is 0 Å². The Morgan fingerprint density at radius 3 is 2.77 bits per heavy atom. The number of aromatic carboxylic acids is 1. The molecule has 0 saturated carbocycles. The molecule has 9 nitrogen and oxygen atoms in total. The summed E-state index contributed by atoms with van der Waals surface area (Å²) in [7, 11) is 5.16. The van der Waals surface area contributed by atoms with E-state index in [4.69, 9.17) is 15.2 Å². The molecule has 1 unspecified atom stereocenters. The number of carboxylic acid groups (broad SMARTS) is 1. The minimum absolute atomic E-state index is 0.132. The molecule has 2 heterocycles. The lowest BCUT2D eigenvalue weighted by Gasteiger charge is -2.18. The number of aromatic nitrogens is 3. The van der Waals surface area contributed by atoms with E-state index in [9.17, 15) is 14.3 Å². The van der Waals surface area contributed by atoms with Crippen molar-refractivity contribution in [2.75, 3.05) is 19.9 Å². The molecular formula is C21H24FN5O4. The molecule has 0 saturated heterocycles. The Morgan fingerprint density at radius 1 is 1.39 bits per heavy atom. The van der Waals surface area contributed by atoms with Crippen LogP contribution in [0.4, 0.5) is 10.2 Å². The van der Waals surface area contributed by atoms with Gasteiger partial charge in [0, 0.05) is 30.9 Å². The third-order valence-electron chi connectivity index (χ3n) is 4.83. The van der Waals surface area contributed by atoms with Gasteiger partial charge in [-0.05, 0) is 32.2 Å². The highest BCUT2D eigenvalue weighted by Gasteiger charge is 2.22. The molecule has 3 aromatic rings. The van der Waals surface area contributed by atoms with E-state index in [-0.39, 0.29) is 17.1 Å². The number of anilines is 1. The molecule has 164 valence electrons. The molecule has 0 aliphatic heterocycles. The number of hydrogen-bond donors (Lipinski definition) is 3. The molecule has 4 N–H and O–H groups in total. The standard InChI is InChI=1S/C21H24FN5O4/c1-11(14-6-5-13(22)8-15(14)21(28)29)31-17-7-12(9-25-19(17)23)18-16(10-24-2)27(3)26-20(18)30-4/h5-9,11,24H,10H2,1-4H3,(H2,23,25)(H,28,29). The van der Waals surface area contributed by atoms with Gasteiger partial charge in [0.2, 0.25) is 5.88 Å². The van der Waals surface area contributed by atoms with Crippen molar-refractivity contribution in [2.45, 2.75) is 19.6 Å². The highest BCUT2D eigenvalue weighted by Crippen LogP contribution is 2.37. The Morgan fingerprint density at radius 2 is 2.13 bits per heavy atom. The van der Waals surface area contributed by atoms with Crippen LogP contribution in [0.1, 0.15) is 34.6 Å². The number of ether oxygens (including phenoxy) is 2. The van der Waals surface area contributed by atoms with E-state index in [0.717, 1.165) is 17.3 Å². The predicted octanol–water partition coefficient (Wildman–Crippen LogP) is 2.77. The molecule has 1 aromatic carbocycles. The van der Waals surface area contributed by atoms with Crippen LogP contribution in [-0.4, -0.2) is 40.0 Å². The minimum atomic E-state index is -1.25. The fourth-order valence-corrected chi connectivity index (χ4v) is 3.34. The van der Waals surface area contributed by atoms with Crippen molar-refractivity contribution < 1.29 is 23.8 Å². The summed E-state index contributed by atoms with van der Waals surface area (Å²) in [5.41, 5.74) is 8.42. The molecule has 0 bridgehead atoms. The first kappa shape index (κ1) is 22.0. The number of methoxy groups -OCH3 is 1. The zero-order valence-electron chi connectivity index (χ0n) is 17.6. The first-order valence-corrected chi connectivity index (χ1v) is 9.46. The fraction of sp³-hybridized carbons (Fsp3) is 0.286. The van der Waals surface area contributed by atoms with Crippen molar-refractivity contribution in [2.24, 2.45) is 7.05 Å². The van der Waals surface area contributed by atoms with Crippen LogP contribution in [0.25, 0.3) is 11.1 Å². The zero-order chi connectivity index (χ0) is 22.7. The van der Waals surface area contributed by atoms with Crippen molar-refractivity contribution >= 4 is 11.8 Å². The maximum atomic E-state index is 13.5. The maximum absolute atomic E-state index is 13.5. The van der Waals surface area contributed by atoms with Crippen molar-refractivity contribution in [3.05, 3.63) is 53.1 Å². The van der Waals surface area contributed by atoms with Gasteiger partial charge in [-0.15, -0.1) is 5.10 Å². The molecule has 3 rings (SSSR count). The molecule has 2 aromatic heterocycles. The van der Waals surface area contributed by atoms with Gasteiger partial charge in [0.1, 0.15) is 11.9 Å². The van der Waals surface area contributed by atoms with E-state index < -0.39 is 17.9 Å². The molecule has 0 aliphatic carbocycles. The SMILES string of the molecule is CNCc1c(-c2cnc(N)c(OC(C)c3ccc(F)cc3C(=O)O)c2)c(OC)nn1C. The van der Waals surface area contributed by atoms with Crippen molar-refractivity contribution in [1.29, 1.82) is 0 Å². The van der Waals surface area contributed by atoms with Gasteiger partial charge in [0.25, 0.3) is 0 Å². The lowest BCUT2D eigenvalue weighted by Crippen LogP contribution is -2.12. The Kier molecular flexibility index (Phi) is 6.40. The number of carboxylic acids is 1. The minimum Gasteiger partial charge on any atom is -0.482 e. The molecule has 10 heteroatoms. The summed E-state index contributed by atoms with van der Waals surface area (Å²) in [6, 6.07) is 5.22. The number of pyridine rings is 1. The Bertz CT molecular complexity index is 1120. The Balaban J connectivity index is 2.01. The van der Waals surface area contributed by atoms with E-state index in [0.29, 0.717) is 23.6 Å². The molecule has 0 aliphatic rings. The molecule has 0 fully saturated rings. The quantitative estimate of drug-likeness (QED) is 0.499. The van der Waals surface area contributed by atoms with Crippen LogP contribution in [0.5, 0.6) is 11.6 Å². The molecule has 0 amide bonds. The molecule has 1 atom stereocenters. The van der Waals surface area contributed by atoms with Crippen LogP contribution >= 0.6 is 0 Å². The number of nitrogen functional groups attached to an aromatic ring is 1. The summed E-state index contributed by atoms with van der Waals surface area (Å²) >= 11 is 0. The smallest absolute Gasteiger partial charge is 0.336 e. The number of benzene rings is 1. The number of carbonyl (C=O) groups is 1. The topological polar surface area (TPSA) is 125 Å². The summed E-state index contributed by atoms with van der Waals surface area (Å²) in [6.45, 7) is 2.19. The highest BCUT2D eigenvalue weighted by atomic mass is 19.1. The largest absolute Gasteiger partial charge is 0.482 e. The number of nitrogens with zero attached hydrogens (tertiary/aromatic N) is 3. The van der Waals surface area contributed by atoms with E-state index in [1.807, 2.05) is 14.1 Å². The Labute approximate surface area is 178 Å². The maximum Gasteiger partial charge on any atom is 0.336 e. The van der Waals surface area contributed by atoms with Crippen LogP contribution in [-0.2, 0) is 13.6 Å². The summed E-state index contributed by atoms with van der Waals surface area (Å²) in [5, 5.41) is 16.9. The van der Waals surface area contributed by atoms with Gasteiger partial charge in [0.05, 0.1) is 23.9 Å². The highest BCUT2D eigenvalue weighted by molar-refractivity contribution is 5.89. The van der Waals surface area contributed by atoms with Crippen LogP contribution in [0.2, 0.25) is 0 Å². The number of rotatable bonds is 8. The molecular weight excluding hydrogens is 405 g/mol. The second kappa shape index (κ2) is 9.00. The second-order valence-corrected chi connectivity index (χ2v) is 6.89. The number of nitrogens with two attached hydrogens (primary N) is 1. The first-order valence-electron chi connectivity index (χ1n) is 9.46. The third kappa shape index (κ3) is 4.43. The van der Waals surface area contributed by atoms with Gasteiger partial charge in [-0.2, -0.15) is 0 Å². The van der Waals surface area contributed by atoms with E-state index in [1.54, 1.807) is 23.9 Å². The molecule has 0 radical (unpaired) electrons. The van der Waals surface area contributed by atoms with Gasteiger partial charge in [-0.3, -0.25) is 4.68 Å². The lowest BCUT2D eigenvalue weighted by atomic mass is 10.0. The summed E-state index contributed by atoms with van der Waals surface area (Å²) in [5.74, 6) is -1.08. The molecule has 31 heavy (non-hydrogen) atoms. The van der Waals surface area contributed by atoms with Gasteiger partial charge in [-0.25, -0.2) is 14.2 Å². The van der Waals surface area contributed by atoms with Crippen molar-refractivity contribution in [3.8, 4) is 22.8 Å². The first-order chi connectivity index (χ1) is 14.8. The number of aryl methyl sites for hydroxylation is 1. The average molecular weight is 429 g/mol. The number of nitrogens with one attached hydrogen (secondary N) is 1. The summed E-state index contributed by atoms with van der Waals surface area (Å²) < 4.78 is 26.6. The van der Waals surface area contributed by atoms with E-state index in [1.165, 1.54) is 19.2 Å². The Hall–Kier alpha value is -3.66. The van der Waals surface area contributed by atoms with Gasteiger partial charge in [-0.1, -0.05) is 6.07 Å².